The quantitative estimate of drug-likeness (QED) is 0.185. The average molecular weight is 576 g/mol. The smallest absolute Gasteiger partial charge is 0.0746 e. The van der Waals surface area contributed by atoms with E-state index in [1.807, 2.05) is 0 Å². The molecule has 214 valence electrons. The number of allylic oxidation sites excluding steroid dienone is 10. The van der Waals surface area contributed by atoms with E-state index < -0.39 is 5.41 Å². The van der Waals surface area contributed by atoms with E-state index in [9.17, 15) is 0 Å². The highest BCUT2D eigenvalue weighted by molar-refractivity contribution is 6.15. The van der Waals surface area contributed by atoms with Crippen LogP contribution in [0.25, 0.3) is 49.8 Å². The molecule has 0 bridgehead atoms. The molecular weight excluding hydrogens is 542 g/mol. The molecule has 6 aromatic rings. The molecule has 1 nitrogen and oxygen atoms in total. The number of nitrogens with zero attached hydrogens (tertiary/aromatic N) is 1. The zero-order valence-corrected chi connectivity index (χ0v) is 25.5. The first-order valence-corrected chi connectivity index (χ1v) is 16.0. The number of hydrogen-bond donors (Lipinski definition) is 0. The summed E-state index contributed by atoms with van der Waals surface area (Å²) in [4.78, 5) is 0. The highest BCUT2D eigenvalue weighted by atomic mass is 15.0. The number of rotatable bonds is 3. The van der Waals surface area contributed by atoms with Crippen LogP contribution in [-0.2, 0) is 5.41 Å². The summed E-state index contributed by atoms with van der Waals surface area (Å²) in [6, 6.07) is 41.0. The first kappa shape index (κ1) is 26.0. The SMILES string of the molecule is C\C=C/C=C\C(=C1/C=CC=CC1C)n1c2ccccc2c2ccc3c(c21)C1(c2ccccc2-c2ccccc21)c1ccccc1-3. The monoisotopic (exact) mass is 575 g/mol. The summed E-state index contributed by atoms with van der Waals surface area (Å²) >= 11 is 0. The lowest BCUT2D eigenvalue weighted by Gasteiger charge is -2.31. The fourth-order valence-corrected chi connectivity index (χ4v) is 8.41. The van der Waals surface area contributed by atoms with Gasteiger partial charge in [0.2, 0.25) is 0 Å². The number of para-hydroxylation sites is 1. The molecule has 0 saturated heterocycles. The van der Waals surface area contributed by atoms with Gasteiger partial charge in [0.05, 0.1) is 16.4 Å². The maximum atomic E-state index is 2.58. The molecule has 0 N–H and O–H groups in total. The van der Waals surface area contributed by atoms with Crippen LogP contribution in [0.15, 0.2) is 163 Å². The minimum Gasteiger partial charge on any atom is -0.309 e. The van der Waals surface area contributed by atoms with Gasteiger partial charge in [-0.05, 0) is 63.6 Å². The molecule has 1 atom stereocenters. The lowest BCUT2D eigenvalue weighted by atomic mass is 9.70. The van der Waals surface area contributed by atoms with E-state index in [4.69, 9.17) is 0 Å². The van der Waals surface area contributed by atoms with Gasteiger partial charge in [-0.15, -0.1) is 0 Å². The maximum Gasteiger partial charge on any atom is 0.0746 e. The molecule has 0 radical (unpaired) electrons. The van der Waals surface area contributed by atoms with Gasteiger partial charge >= 0.3 is 0 Å². The third-order valence-corrected chi connectivity index (χ3v) is 10.2. The molecule has 3 aliphatic rings. The number of hydrogen-bond acceptors (Lipinski definition) is 0. The Hall–Kier alpha value is -5.40. The fraction of sp³-hybridized carbons (Fsp3) is 0.0909. The predicted octanol–water partition coefficient (Wildman–Crippen LogP) is 11.2. The second kappa shape index (κ2) is 9.81. The van der Waals surface area contributed by atoms with Crippen molar-refractivity contribution in [2.24, 2.45) is 5.92 Å². The summed E-state index contributed by atoms with van der Waals surface area (Å²) in [5.41, 5.74) is 15.4. The maximum absolute atomic E-state index is 2.58. The number of fused-ring (bicyclic) bond motifs is 14. The molecule has 0 fully saturated rings. The summed E-state index contributed by atoms with van der Waals surface area (Å²) in [6.07, 6.45) is 17.7. The highest BCUT2D eigenvalue weighted by Crippen LogP contribution is 2.64. The normalized spacial score (nSPS) is 18.3. The van der Waals surface area contributed by atoms with Crippen molar-refractivity contribution in [2.75, 3.05) is 0 Å². The van der Waals surface area contributed by atoms with Crippen LogP contribution in [-0.4, -0.2) is 4.57 Å². The van der Waals surface area contributed by atoms with Gasteiger partial charge in [0, 0.05) is 28.0 Å². The Morgan fingerprint density at radius 2 is 1.27 bits per heavy atom. The molecule has 9 rings (SSSR count). The zero-order valence-electron chi connectivity index (χ0n) is 25.5. The van der Waals surface area contributed by atoms with Crippen molar-refractivity contribution in [1.29, 1.82) is 0 Å². The highest BCUT2D eigenvalue weighted by Gasteiger charge is 2.53. The van der Waals surface area contributed by atoms with Crippen molar-refractivity contribution in [3.63, 3.8) is 0 Å². The molecule has 5 aromatic carbocycles. The van der Waals surface area contributed by atoms with E-state index in [-0.39, 0.29) is 5.92 Å². The van der Waals surface area contributed by atoms with Crippen molar-refractivity contribution in [1.82, 2.24) is 4.57 Å². The molecule has 1 spiro atoms. The van der Waals surface area contributed by atoms with Gasteiger partial charge in [-0.3, -0.25) is 0 Å². The molecule has 45 heavy (non-hydrogen) atoms. The third kappa shape index (κ3) is 3.38. The standard InChI is InChI=1S/C44H33N/c1-3-4-5-25-40(30-17-7-6-16-29(30)2)45-41-26-15-11-21-34(41)36-28-27-35-33-20-10-14-24-39(33)44(42(35)43(36)45)37-22-12-8-18-31(37)32-19-9-13-23-38(32)44/h3-29H,1-2H3/b4-3-,25-5-,40-30-. The average Bonchev–Trinajstić information content (AvgIpc) is 3.69. The predicted molar refractivity (Wildman–Crippen MR) is 190 cm³/mol. The largest absolute Gasteiger partial charge is 0.309 e. The fourth-order valence-electron chi connectivity index (χ4n) is 8.41. The minimum absolute atomic E-state index is 0.285. The molecule has 1 unspecified atom stereocenters. The first-order chi connectivity index (χ1) is 22.2. The van der Waals surface area contributed by atoms with Crippen molar-refractivity contribution in [3.8, 4) is 22.3 Å². The Labute approximate surface area is 264 Å². The van der Waals surface area contributed by atoms with Crippen molar-refractivity contribution >= 4 is 27.5 Å². The lowest BCUT2D eigenvalue weighted by Crippen LogP contribution is -2.26. The van der Waals surface area contributed by atoms with Gasteiger partial charge in [-0.2, -0.15) is 0 Å². The molecule has 3 aliphatic carbocycles. The molecule has 0 amide bonds. The summed E-state index contributed by atoms with van der Waals surface area (Å²) in [5.74, 6) is 0.285. The summed E-state index contributed by atoms with van der Waals surface area (Å²) in [5, 5.41) is 2.57. The molecule has 1 heteroatoms. The molecule has 0 aliphatic heterocycles. The topological polar surface area (TPSA) is 4.93 Å². The van der Waals surface area contributed by atoms with Crippen molar-refractivity contribution in [2.45, 2.75) is 19.3 Å². The van der Waals surface area contributed by atoms with Crippen molar-refractivity contribution in [3.05, 3.63) is 186 Å². The summed E-state index contributed by atoms with van der Waals surface area (Å²) < 4.78 is 2.58. The van der Waals surface area contributed by atoms with E-state index in [1.165, 1.54) is 77.6 Å². The number of benzene rings is 5. The van der Waals surface area contributed by atoms with Crippen LogP contribution in [0.4, 0.5) is 0 Å². The Morgan fingerprint density at radius 1 is 0.644 bits per heavy atom. The van der Waals surface area contributed by atoms with E-state index in [0.29, 0.717) is 0 Å². The second-order valence-electron chi connectivity index (χ2n) is 12.4. The summed E-state index contributed by atoms with van der Waals surface area (Å²) in [7, 11) is 0. The minimum atomic E-state index is -0.429. The van der Waals surface area contributed by atoms with E-state index >= 15 is 0 Å². The summed E-state index contributed by atoms with van der Waals surface area (Å²) in [6.45, 7) is 4.38. The van der Waals surface area contributed by atoms with Crippen LogP contribution < -0.4 is 0 Å². The van der Waals surface area contributed by atoms with Crippen LogP contribution in [0.2, 0.25) is 0 Å². The second-order valence-corrected chi connectivity index (χ2v) is 12.4. The van der Waals surface area contributed by atoms with E-state index in [0.717, 1.165) is 0 Å². The Kier molecular flexibility index (Phi) is 5.67. The Morgan fingerprint density at radius 3 is 1.93 bits per heavy atom. The van der Waals surface area contributed by atoms with Gasteiger partial charge in [-0.25, -0.2) is 0 Å². The number of aromatic nitrogens is 1. The van der Waals surface area contributed by atoms with Gasteiger partial charge in [-0.1, -0.05) is 153 Å². The van der Waals surface area contributed by atoms with Crippen LogP contribution in [0, 0.1) is 5.92 Å². The lowest BCUT2D eigenvalue weighted by molar-refractivity contribution is 0.797. The van der Waals surface area contributed by atoms with Gasteiger partial charge in [0.1, 0.15) is 0 Å². The van der Waals surface area contributed by atoms with Crippen LogP contribution in [0.1, 0.15) is 36.1 Å². The van der Waals surface area contributed by atoms with Gasteiger partial charge in [0.25, 0.3) is 0 Å². The van der Waals surface area contributed by atoms with E-state index in [2.05, 4.69) is 176 Å². The van der Waals surface area contributed by atoms with Crippen LogP contribution >= 0.6 is 0 Å². The zero-order chi connectivity index (χ0) is 30.1. The van der Waals surface area contributed by atoms with E-state index in [1.54, 1.807) is 0 Å². The molecule has 1 aromatic heterocycles. The van der Waals surface area contributed by atoms with Gasteiger partial charge in [0.15, 0.2) is 0 Å². The van der Waals surface area contributed by atoms with Crippen LogP contribution in [0.5, 0.6) is 0 Å². The van der Waals surface area contributed by atoms with Gasteiger partial charge < -0.3 is 4.57 Å². The molecular formula is C44H33N. The third-order valence-electron chi connectivity index (χ3n) is 10.2. The Bertz CT molecular complexity index is 2280. The van der Waals surface area contributed by atoms with Crippen molar-refractivity contribution < 1.29 is 0 Å². The van der Waals surface area contributed by atoms with Crippen LogP contribution in [0.3, 0.4) is 0 Å². The Balaban J connectivity index is 1.53. The molecule has 0 saturated carbocycles. The molecule has 1 heterocycles. The first-order valence-electron chi connectivity index (χ1n) is 16.0.